The second-order valence-corrected chi connectivity index (χ2v) is 7.86. The summed E-state index contributed by atoms with van der Waals surface area (Å²) in [6.45, 7) is 5.63. The monoisotopic (exact) mass is 384 g/mol. The Morgan fingerprint density at radius 3 is 2.32 bits per heavy atom. The van der Waals surface area contributed by atoms with Gasteiger partial charge in [-0.25, -0.2) is 0 Å². The van der Waals surface area contributed by atoms with E-state index in [1.807, 2.05) is 18.7 Å². The fourth-order valence-corrected chi connectivity index (χ4v) is 3.61. The third-order valence-corrected chi connectivity index (χ3v) is 4.95. The molecule has 2 amide bonds. The number of benzene rings is 1. The first-order valence-corrected chi connectivity index (χ1v) is 9.68. The van der Waals surface area contributed by atoms with Crippen molar-refractivity contribution in [1.29, 1.82) is 0 Å². The quantitative estimate of drug-likeness (QED) is 0.809. The van der Waals surface area contributed by atoms with Gasteiger partial charge in [-0.3, -0.25) is 9.59 Å². The predicted octanol–water partition coefficient (Wildman–Crippen LogP) is 4.54. The molecule has 0 bridgehead atoms. The SMILES string of the molecule is CC(C)CC(NC(=O)c1ccc(Cl)cc1Cl)C(=O)N1CCCCCC1. The zero-order chi connectivity index (χ0) is 18.4. The van der Waals surface area contributed by atoms with E-state index >= 15 is 0 Å². The first kappa shape index (κ1) is 20.1. The van der Waals surface area contributed by atoms with E-state index in [1.165, 1.54) is 6.07 Å². The normalized spacial score (nSPS) is 16.4. The van der Waals surface area contributed by atoms with Crippen molar-refractivity contribution in [3.05, 3.63) is 33.8 Å². The fraction of sp³-hybridized carbons (Fsp3) is 0.579. The van der Waals surface area contributed by atoms with Crippen molar-refractivity contribution in [2.24, 2.45) is 5.92 Å². The first-order valence-electron chi connectivity index (χ1n) is 8.93. The average Bonchev–Trinajstić information content (AvgIpc) is 2.82. The highest BCUT2D eigenvalue weighted by atomic mass is 35.5. The molecular weight excluding hydrogens is 359 g/mol. The summed E-state index contributed by atoms with van der Waals surface area (Å²) >= 11 is 12.0. The first-order chi connectivity index (χ1) is 11.9. The molecule has 1 aromatic rings. The molecular formula is C19H26Cl2N2O2. The number of amides is 2. The number of hydrogen-bond donors (Lipinski definition) is 1. The lowest BCUT2D eigenvalue weighted by Crippen LogP contribution is -2.49. The molecule has 0 radical (unpaired) electrons. The van der Waals surface area contributed by atoms with Crippen LogP contribution in [0.2, 0.25) is 10.0 Å². The van der Waals surface area contributed by atoms with Crippen molar-refractivity contribution in [3.8, 4) is 0 Å². The highest BCUT2D eigenvalue weighted by Crippen LogP contribution is 2.21. The number of nitrogens with zero attached hydrogens (tertiary/aromatic N) is 1. The Morgan fingerprint density at radius 1 is 1.12 bits per heavy atom. The predicted molar refractivity (Wildman–Crippen MR) is 102 cm³/mol. The van der Waals surface area contributed by atoms with E-state index in [0.29, 0.717) is 22.9 Å². The maximum Gasteiger partial charge on any atom is 0.253 e. The number of rotatable bonds is 5. The van der Waals surface area contributed by atoms with E-state index in [2.05, 4.69) is 5.32 Å². The Labute approximate surface area is 159 Å². The molecule has 1 heterocycles. The average molecular weight is 385 g/mol. The van der Waals surface area contributed by atoms with Crippen LogP contribution in [-0.2, 0) is 4.79 Å². The smallest absolute Gasteiger partial charge is 0.253 e. The number of halogens is 2. The van der Waals surface area contributed by atoms with Gasteiger partial charge in [-0.05, 0) is 43.4 Å². The number of hydrogen-bond acceptors (Lipinski definition) is 2. The van der Waals surface area contributed by atoms with Crippen LogP contribution in [0.4, 0.5) is 0 Å². The molecule has 0 aromatic heterocycles. The Hall–Kier alpha value is -1.26. The molecule has 1 unspecified atom stereocenters. The summed E-state index contributed by atoms with van der Waals surface area (Å²) in [6.07, 6.45) is 4.97. The van der Waals surface area contributed by atoms with E-state index < -0.39 is 6.04 Å². The van der Waals surface area contributed by atoms with Crippen LogP contribution >= 0.6 is 23.2 Å². The number of likely N-dealkylation sites (tertiary alicyclic amines) is 1. The third-order valence-electron chi connectivity index (χ3n) is 4.40. The van der Waals surface area contributed by atoms with Crippen molar-refractivity contribution in [2.45, 2.75) is 52.0 Å². The lowest BCUT2D eigenvalue weighted by Gasteiger charge is -2.28. The van der Waals surface area contributed by atoms with Crippen LogP contribution in [0, 0.1) is 5.92 Å². The van der Waals surface area contributed by atoms with Gasteiger partial charge in [-0.1, -0.05) is 49.9 Å². The molecule has 1 saturated heterocycles. The van der Waals surface area contributed by atoms with Crippen molar-refractivity contribution in [3.63, 3.8) is 0 Å². The summed E-state index contributed by atoms with van der Waals surface area (Å²) in [4.78, 5) is 27.5. The lowest BCUT2D eigenvalue weighted by atomic mass is 10.0. The molecule has 25 heavy (non-hydrogen) atoms. The van der Waals surface area contributed by atoms with E-state index in [1.54, 1.807) is 12.1 Å². The standard InChI is InChI=1S/C19H26Cl2N2O2/c1-13(2)11-17(19(25)23-9-5-3-4-6-10-23)22-18(24)15-8-7-14(20)12-16(15)21/h7-8,12-13,17H,3-6,9-11H2,1-2H3,(H,22,24). The van der Waals surface area contributed by atoms with E-state index in [9.17, 15) is 9.59 Å². The highest BCUT2D eigenvalue weighted by molar-refractivity contribution is 6.36. The van der Waals surface area contributed by atoms with Gasteiger partial charge in [0.15, 0.2) is 0 Å². The molecule has 1 aromatic carbocycles. The van der Waals surface area contributed by atoms with Gasteiger partial charge in [-0.2, -0.15) is 0 Å². The van der Waals surface area contributed by atoms with Gasteiger partial charge in [0.05, 0.1) is 10.6 Å². The van der Waals surface area contributed by atoms with Crippen molar-refractivity contribution < 1.29 is 9.59 Å². The maximum atomic E-state index is 12.9. The fourth-order valence-electron chi connectivity index (χ4n) is 3.11. The van der Waals surface area contributed by atoms with Crippen LogP contribution in [0.5, 0.6) is 0 Å². The minimum Gasteiger partial charge on any atom is -0.341 e. The number of nitrogens with one attached hydrogen (secondary N) is 1. The number of carbonyl (C=O) groups excluding carboxylic acids is 2. The topological polar surface area (TPSA) is 49.4 Å². The molecule has 1 aliphatic heterocycles. The molecule has 1 N–H and O–H groups in total. The molecule has 1 atom stereocenters. The van der Waals surface area contributed by atoms with Crippen LogP contribution in [0.15, 0.2) is 18.2 Å². The van der Waals surface area contributed by atoms with E-state index in [4.69, 9.17) is 23.2 Å². The second kappa shape index (κ2) is 9.44. The summed E-state index contributed by atoms with van der Waals surface area (Å²) in [5, 5.41) is 3.65. The minimum absolute atomic E-state index is 0.00837. The van der Waals surface area contributed by atoms with Crippen LogP contribution in [0.1, 0.15) is 56.3 Å². The summed E-state index contributed by atoms with van der Waals surface area (Å²) in [6, 6.07) is 4.21. The molecule has 4 nitrogen and oxygen atoms in total. The Bertz CT molecular complexity index is 611. The molecule has 138 valence electrons. The van der Waals surface area contributed by atoms with Crippen LogP contribution in [0.3, 0.4) is 0 Å². The van der Waals surface area contributed by atoms with Gasteiger partial charge < -0.3 is 10.2 Å². The molecule has 0 spiro atoms. The Balaban J connectivity index is 2.13. The third kappa shape index (κ3) is 5.89. The highest BCUT2D eigenvalue weighted by Gasteiger charge is 2.28. The van der Waals surface area contributed by atoms with Gasteiger partial charge in [0.2, 0.25) is 5.91 Å². The molecule has 2 rings (SSSR count). The van der Waals surface area contributed by atoms with Gasteiger partial charge in [0.25, 0.3) is 5.91 Å². The van der Waals surface area contributed by atoms with Crippen molar-refractivity contribution >= 4 is 35.0 Å². The summed E-state index contributed by atoms with van der Waals surface area (Å²) < 4.78 is 0. The van der Waals surface area contributed by atoms with E-state index in [0.717, 1.165) is 38.8 Å². The molecule has 1 fully saturated rings. The van der Waals surface area contributed by atoms with Crippen LogP contribution in [0.25, 0.3) is 0 Å². The largest absolute Gasteiger partial charge is 0.341 e. The number of carbonyl (C=O) groups is 2. The zero-order valence-electron chi connectivity index (χ0n) is 14.9. The Kier molecular flexibility index (Phi) is 7.57. The van der Waals surface area contributed by atoms with Gasteiger partial charge in [-0.15, -0.1) is 0 Å². The molecule has 0 saturated carbocycles. The Morgan fingerprint density at radius 2 is 1.76 bits per heavy atom. The molecule has 6 heteroatoms. The summed E-state index contributed by atoms with van der Waals surface area (Å²) in [5.41, 5.74) is 0.337. The summed E-state index contributed by atoms with van der Waals surface area (Å²) in [7, 11) is 0. The van der Waals surface area contributed by atoms with Gasteiger partial charge in [0.1, 0.15) is 6.04 Å². The van der Waals surface area contributed by atoms with Crippen LogP contribution in [-0.4, -0.2) is 35.8 Å². The zero-order valence-corrected chi connectivity index (χ0v) is 16.4. The molecule has 1 aliphatic rings. The van der Waals surface area contributed by atoms with E-state index in [-0.39, 0.29) is 16.8 Å². The summed E-state index contributed by atoms with van der Waals surface area (Å²) in [5.74, 6) is -0.0357. The van der Waals surface area contributed by atoms with Crippen molar-refractivity contribution in [2.75, 3.05) is 13.1 Å². The van der Waals surface area contributed by atoms with Crippen molar-refractivity contribution in [1.82, 2.24) is 10.2 Å². The maximum absolute atomic E-state index is 12.9. The lowest BCUT2D eigenvalue weighted by molar-refractivity contribution is -0.133. The minimum atomic E-state index is -0.530. The van der Waals surface area contributed by atoms with Gasteiger partial charge in [0, 0.05) is 18.1 Å². The van der Waals surface area contributed by atoms with Crippen LogP contribution < -0.4 is 5.32 Å². The second-order valence-electron chi connectivity index (χ2n) is 7.02. The molecule has 0 aliphatic carbocycles. The van der Waals surface area contributed by atoms with Gasteiger partial charge >= 0.3 is 0 Å².